The third kappa shape index (κ3) is 11.4. The molecule has 0 radical (unpaired) electrons. The fourth-order valence-electron chi connectivity index (χ4n) is 3.45. The van der Waals surface area contributed by atoms with Crippen molar-refractivity contribution >= 4 is 40.9 Å². The van der Waals surface area contributed by atoms with E-state index < -0.39 is 0 Å². The average Bonchev–Trinajstić information content (AvgIpc) is 2.87. The van der Waals surface area contributed by atoms with Crippen molar-refractivity contribution in [3.05, 3.63) is 54.1 Å². The summed E-state index contributed by atoms with van der Waals surface area (Å²) in [5.74, 6) is -0.500. The fourth-order valence-corrected chi connectivity index (χ4v) is 3.45. The predicted molar refractivity (Wildman–Crippen MR) is 149 cm³/mol. The number of hydrogen-bond donors (Lipinski definition) is 4. The van der Waals surface area contributed by atoms with Gasteiger partial charge in [0.25, 0.3) is 0 Å². The molecular weight excluding hydrogens is 486 g/mol. The number of nitrogens with one attached hydrogen (secondary N) is 4. The molecule has 2 aromatic carbocycles. The number of urea groups is 1. The SMILES string of the molecule is CCOC(=O)CCNCC(=O)N(CCC(C)C)CC(=O)Nc1ccc(NC(=O)Nc2ccccc2C)cc1. The van der Waals surface area contributed by atoms with Gasteiger partial charge in [0.15, 0.2) is 0 Å². The molecule has 0 spiro atoms. The molecule has 10 nitrogen and oxygen atoms in total. The van der Waals surface area contributed by atoms with Gasteiger partial charge in [0.05, 0.1) is 26.1 Å². The van der Waals surface area contributed by atoms with Crippen LogP contribution in [0.1, 0.15) is 39.2 Å². The van der Waals surface area contributed by atoms with Crippen LogP contribution in [0.15, 0.2) is 48.5 Å². The average molecular weight is 526 g/mol. The minimum Gasteiger partial charge on any atom is -0.466 e. The highest BCUT2D eigenvalue weighted by atomic mass is 16.5. The van der Waals surface area contributed by atoms with E-state index in [0.29, 0.717) is 37.0 Å². The third-order valence-electron chi connectivity index (χ3n) is 5.57. The van der Waals surface area contributed by atoms with Gasteiger partial charge in [-0.25, -0.2) is 4.79 Å². The predicted octanol–water partition coefficient (Wildman–Crippen LogP) is 4.00. The molecule has 2 rings (SSSR count). The van der Waals surface area contributed by atoms with Crippen molar-refractivity contribution in [1.29, 1.82) is 0 Å². The van der Waals surface area contributed by atoms with Gasteiger partial charge < -0.3 is 30.9 Å². The molecule has 0 aromatic heterocycles. The Morgan fingerprint density at radius 2 is 1.58 bits per heavy atom. The van der Waals surface area contributed by atoms with Crippen molar-refractivity contribution in [3.63, 3.8) is 0 Å². The Labute approximate surface area is 224 Å². The molecule has 0 heterocycles. The number of esters is 1. The third-order valence-corrected chi connectivity index (χ3v) is 5.57. The number of anilines is 3. The van der Waals surface area contributed by atoms with Crippen LogP contribution in [-0.4, -0.2) is 61.5 Å². The smallest absolute Gasteiger partial charge is 0.323 e. The van der Waals surface area contributed by atoms with Crippen molar-refractivity contribution in [2.24, 2.45) is 5.92 Å². The first-order chi connectivity index (χ1) is 18.2. The van der Waals surface area contributed by atoms with Crippen molar-refractivity contribution in [3.8, 4) is 0 Å². The Morgan fingerprint density at radius 1 is 0.921 bits per heavy atom. The number of ether oxygens (including phenoxy) is 1. The second-order valence-corrected chi connectivity index (χ2v) is 9.25. The first kappa shape index (κ1) is 30.3. The summed E-state index contributed by atoms with van der Waals surface area (Å²) < 4.78 is 4.87. The number of amides is 4. The molecule has 38 heavy (non-hydrogen) atoms. The van der Waals surface area contributed by atoms with Crippen LogP contribution in [0.25, 0.3) is 0 Å². The second-order valence-electron chi connectivity index (χ2n) is 9.25. The van der Waals surface area contributed by atoms with E-state index in [1.54, 1.807) is 31.2 Å². The summed E-state index contributed by atoms with van der Waals surface area (Å²) in [5, 5.41) is 11.3. The molecule has 2 aromatic rings. The molecule has 0 atom stereocenters. The van der Waals surface area contributed by atoms with Gasteiger partial charge in [-0.1, -0.05) is 32.0 Å². The normalized spacial score (nSPS) is 10.6. The van der Waals surface area contributed by atoms with Crippen LogP contribution in [0.3, 0.4) is 0 Å². The zero-order valence-electron chi connectivity index (χ0n) is 22.6. The Balaban J connectivity index is 1.86. The van der Waals surface area contributed by atoms with Crippen molar-refractivity contribution < 1.29 is 23.9 Å². The van der Waals surface area contributed by atoms with Gasteiger partial charge in [-0.2, -0.15) is 0 Å². The number of carbonyl (C=O) groups is 4. The summed E-state index contributed by atoms with van der Waals surface area (Å²) in [4.78, 5) is 50.7. The van der Waals surface area contributed by atoms with Crippen molar-refractivity contribution in [2.45, 2.75) is 40.5 Å². The topological polar surface area (TPSA) is 129 Å². The molecule has 0 saturated heterocycles. The number of hydrogen-bond acceptors (Lipinski definition) is 6. The number of para-hydroxylation sites is 1. The zero-order valence-corrected chi connectivity index (χ0v) is 22.6. The first-order valence-corrected chi connectivity index (χ1v) is 12.9. The van der Waals surface area contributed by atoms with Crippen molar-refractivity contribution in [2.75, 3.05) is 48.7 Å². The van der Waals surface area contributed by atoms with E-state index in [2.05, 4.69) is 35.1 Å². The highest BCUT2D eigenvalue weighted by Crippen LogP contribution is 2.16. The number of nitrogens with zero attached hydrogens (tertiary/aromatic N) is 1. The van der Waals surface area contributed by atoms with E-state index in [4.69, 9.17) is 4.74 Å². The molecule has 4 N–H and O–H groups in total. The largest absolute Gasteiger partial charge is 0.466 e. The second kappa shape index (κ2) is 16.0. The Hall–Kier alpha value is -3.92. The summed E-state index contributed by atoms with van der Waals surface area (Å²) in [6.07, 6.45) is 0.929. The summed E-state index contributed by atoms with van der Waals surface area (Å²) in [6, 6.07) is 13.8. The van der Waals surface area contributed by atoms with Crippen LogP contribution in [0.2, 0.25) is 0 Å². The Morgan fingerprint density at radius 3 is 2.21 bits per heavy atom. The highest BCUT2D eigenvalue weighted by Gasteiger charge is 2.18. The number of benzene rings is 2. The van der Waals surface area contributed by atoms with E-state index >= 15 is 0 Å². The van der Waals surface area contributed by atoms with E-state index in [1.165, 1.54) is 4.90 Å². The molecule has 0 aliphatic carbocycles. The number of carbonyl (C=O) groups excluding carboxylic acids is 4. The van der Waals surface area contributed by atoms with E-state index in [1.807, 2.05) is 31.2 Å². The van der Waals surface area contributed by atoms with Crippen LogP contribution in [-0.2, 0) is 19.1 Å². The molecule has 0 aliphatic rings. The van der Waals surface area contributed by atoms with Crippen molar-refractivity contribution in [1.82, 2.24) is 10.2 Å². The number of aryl methyl sites for hydroxylation is 1. The molecule has 0 bridgehead atoms. The maximum atomic E-state index is 12.7. The molecule has 4 amide bonds. The van der Waals surface area contributed by atoms with Crippen LogP contribution in [0.5, 0.6) is 0 Å². The minimum atomic E-state index is -0.369. The highest BCUT2D eigenvalue weighted by molar-refractivity contribution is 6.00. The van der Waals surface area contributed by atoms with E-state index in [9.17, 15) is 19.2 Å². The van der Waals surface area contributed by atoms with Crippen LogP contribution in [0, 0.1) is 12.8 Å². The molecule has 0 aliphatic heterocycles. The van der Waals surface area contributed by atoms with Crippen LogP contribution >= 0.6 is 0 Å². The molecule has 0 fully saturated rings. The Bertz CT molecular complexity index is 1070. The Kier molecular flexibility index (Phi) is 12.8. The van der Waals surface area contributed by atoms with Gasteiger partial charge in [0, 0.05) is 30.2 Å². The van der Waals surface area contributed by atoms with Crippen LogP contribution in [0.4, 0.5) is 21.9 Å². The lowest BCUT2D eigenvalue weighted by Gasteiger charge is -2.23. The van der Waals surface area contributed by atoms with Gasteiger partial charge >= 0.3 is 12.0 Å². The summed E-state index contributed by atoms with van der Waals surface area (Å²) >= 11 is 0. The molecule has 206 valence electrons. The maximum absolute atomic E-state index is 12.7. The standard InChI is InChI=1S/C28H39N5O5/c1-5-38-27(36)14-16-29-18-26(35)33(17-15-20(2)3)19-25(34)30-22-10-12-23(13-11-22)31-28(37)32-24-9-7-6-8-21(24)4/h6-13,20,29H,5,14-19H2,1-4H3,(H,30,34)(H2,31,32,37). The zero-order chi connectivity index (χ0) is 27.9. The summed E-state index contributed by atoms with van der Waals surface area (Å²) in [6.45, 7) is 8.77. The first-order valence-electron chi connectivity index (χ1n) is 12.9. The van der Waals surface area contributed by atoms with Gasteiger partial charge in [0.2, 0.25) is 11.8 Å². The lowest BCUT2D eigenvalue weighted by Crippen LogP contribution is -2.43. The molecular formula is C28H39N5O5. The van der Waals surface area contributed by atoms with E-state index in [-0.39, 0.29) is 43.3 Å². The monoisotopic (exact) mass is 525 g/mol. The number of rotatable bonds is 14. The lowest BCUT2D eigenvalue weighted by atomic mass is 10.1. The fraction of sp³-hybridized carbons (Fsp3) is 0.429. The minimum absolute atomic E-state index is 0.0235. The van der Waals surface area contributed by atoms with Gasteiger partial charge in [0.1, 0.15) is 0 Å². The quantitative estimate of drug-likeness (QED) is 0.218. The molecule has 0 unspecified atom stereocenters. The summed E-state index contributed by atoms with van der Waals surface area (Å²) in [7, 11) is 0. The van der Waals surface area contributed by atoms with Gasteiger partial charge in [-0.05, 0) is 62.1 Å². The summed E-state index contributed by atoms with van der Waals surface area (Å²) in [5.41, 5.74) is 2.79. The van der Waals surface area contributed by atoms with Gasteiger partial charge in [-0.3, -0.25) is 14.4 Å². The van der Waals surface area contributed by atoms with E-state index in [0.717, 1.165) is 17.7 Å². The maximum Gasteiger partial charge on any atom is 0.323 e. The molecule has 0 saturated carbocycles. The molecule has 10 heteroatoms. The van der Waals surface area contributed by atoms with Gasteiger partial charge in [-0.15, -0.1) is 0 Å². The lowest BCUT2D eigenvalue weighted by molar-refractivity contribution is -0.143. The van der Waals surface area contributed by atoms with Crippen LogP contribution < -0.4 is 21.3 Å².